The Hall–Kier alpha value is -2.98. The van der Waals surface area contributed by atoms with Gasteiger partial charge >= 0.3 is 0 Å². The number of pyridine rings is 1. The van der Waals surface area contributed by atoms with Gasteiger partial charge in [0.25, 0.3) is 0 Å². The van der Waals surface area contributed by atoms with E-state index in [1.54, 1.807) is 12.5 Å². The Kier molecular flexibility index (Phi) is 3.81. The molecule has 2 heterocycles. The molecule has 0 saturated carbocycles. The Balaban J connectivity index is 1.98. The highest BCUT2D eigenvalue weighted by atomic mass is 16.3. The molecule has 1 atom stereocenters. The van der Waals surface area contributed by atoms with E-state index in [4.69, 9.17) is 0 Å². The van der Waals surface area contributed by atoms with Crippen molar-refractivity contribution < 1.29 is 5.11 Å². The van der Waals surface area contributed by atoms with E-state index in [9.17, 15) is 5.11 Å². The van der Waals surface area contributed by atoms with Gasteiger partial charge in [-0.2, -0.15) is 0 Å². The Bertz CT molecular complexity index is 949. The summed E-state index contributed by atoms with van der Waals surface area (Å²) in [6.45, 7) is -0.0165. The molecule has 4 rings (SSSR count). The van der Waals surface area contributed by atoms with Gasteiger partial charge in [-0.15, -0.1) is 0 Å². The first-order valence-electron chi connectivity index (χ1n) is 7.88. The molecule has 0 radical (unpaired) electrons. The summed E-state index contributed by atoms with van der Waals surface area (Å²) in [7, 11) is 0. The van der Waals surface area contributed by atoms with Crippen LogP contribution in [0.4, 0.5) is 0 Å². The maximum Gasteiger partial charge on any atom is 0.0922 e. The van der Waals surface area contributed by atoms with Gasteiger partial charge < -0.3 is 10.1 Å². The summed E-state index contributed by atoms with van der Waals surface area (Å²) in [6, 6.07) is 18.5. The molecule has 0 amide bonds. The molecule has 0 saturated heterocycles. The molecule has 4 nitrogen and oxygen atoms in total. The number of rotatable bonds is 4. The number of fused-ring (bicyclic) bond motifs is 1. The lowest BCUT2D eigenvalue weighted by Crippen LogP contribution is -2.05. The van der Waals surface area contributed by atoms with Crippen molar-refractivity contribution in [2.75, 3.05) is 0 Å². The van der Waals surface area contributed by atoms with Crippen molar-refractivity contribution in [2.45, 2.75) is 12.5 Å². The smallest absolute Gasteiger partial charge is 0.0922 e. The van der Waals surface area contributed by atoms with E-state index >= 15 is 0 Å². The maximum atomic E-state index is 9.47. The first kappa shape index (κ1) is 14.6. The van der Waals surface area contributed by atoms with Crippen LogP contribution in [0, 0.1) is 0 Å². The molecule has 2 N–H and O–H groups in total. The van der Waals surface area contributed by atoms with Crippen LogP contribution in [-0.2, 0) is 6.61 Å². The Morgan fingerprint density at radius 3 is 2.62 bits per heavy atom. The summed E-state index contributed by atoms with van der Waals surface area (Å²) in [4.78, 5) is 11.9. The molecule has 4 heteroatoms. The Morgan fingerprint density at radius 1 is 1.00 bits per heavy atom. The third-order valence-corrected chi connectivity index (χ3v) is 4.27. The number of aliphatic hydroxyl groups is 1. The molecule has 24 heavy (non-hydrogen) atoms. The number of nitrogens with one attached hydrogen (secondary N) is 1. The molecule has 0 aliphatic rings. The highest BCUT2D eigenvalue weighted by molar-refractivity contribution is 5.84. The predicted molar refractivity (Wildman–Crippen MR) is 93.6 cm³/mol. The summed E-state index contributed by atoms with van der Waals surface area (Å²) in [5, 5.41) is 10.5. The van der Waals surface area contributed by atoms with Crippen LogP contribution in [0.15, 0.2) is 73.3 Å². The van der Waals surface area contributed by atoms with Crippen molar-refractivity contribution >= 4 is 10.9 Å². The van der Waals surface area contributed by atoms with Gasteiger partial charge in [-0.1, -0.05) is 42.5 Å². The topological polar surface area (TPSA) is 61.8 Å². The third-order valence-electron chi connectivity index (χ3n) is 4.27. The zero-order valence-corrected chi connectivity index (χ0v) is 13.1. The largest absolute Gasteiger partial charge is 0.392 e. The van der Waals surface area contributed by atoms with Gasteiger partial charge in [-0.3, -0.25) is 4.98 Å². The normalized spacial score (nSPS) is 12.4. The molecule has 0 bridgehead atoms. The van der Waals surface area contributed by atoms with Gasteiger partial charge in [0.05, 0.1) is 24.4 Å². The summed E-state index contributed by atoms with van der Waals surface area (Å²) < 4.78 is 0. The van der Waals surface area contributed by atoms with Gasteiger partial charge in [0.1, 0.15) is 0 Å². The molecule has 0 fully saturated rings. The quantitative estimate of drug-likeness (QED) is 0.604. The fourth-order valence-corrected chi connectivity index (χ4v) is 3.15. The highest BCUT2D eigenvalue weighted by Gasteiger charge is 2.20. The molecule has 118 valence electrons. The number of aliphatic hydroxyl groups excluding tert-OH is 1. The fourth-order valence-electron chi connectivity index (χ4n) is 3.15. The number of imidazole rings is 1. The van der Waals surface area contributed by atoms with Crippen molar-refractivity contribution in [1.82, 2.24) is 15.0 Å². The first-order chi connectivity index (χ1) is 11.9. The van der Waals surface area contributed by atoms with Crippen molar-refractivity contribution in [1.29, 1.82) is 0 Å². The fraction of sp³-hybridized carbons (Fsp3) is 0.100. The van der Waals surface area contributed by atoms with E-state index in [0.717, 1.165) is 27.7 Å². The van der Waals surface area contributed by atoms with Crippen molar-refractivity contribution in [3.05, 3.63) is 95.7 Å². The van der Waals surface area contributed by atoms with Gasteiger partial charge in [0, 0.05) is 23.5 Å². The first-order valence-corrected chi connectivity index (χ1v) is 7.88. The zero-order chi connectivity index (χ0) is 16.4. The lowest BCUT2D eigenvalue weighted by atomic mass is 9.86. The number of aromatic amines is 1. The van der Waals surface area contributed by atoms with Gasteiger partial charge in [-0.05, 0) is 28.8 Å². The second-order valence-electron chi connectivity index (χ2n) is 5.77. The lowest BCUT2D eigenvalue weighted by molar-refractivity contribution is 0.281. The molecule has 2 aromatic heterocycles. The van der Waals surface area contributed by atoms with E-state index < -0.39 is 0 Å². The van der Waals surface area contributed by atoms with Crippen molar-refractivity contribution in [3.63, 3.8) is 0 Å². The summed E-state index contributed by atoms with van der Waals surface area (Å²) in [5.41, 5.74) is 5.09. The van der Waals surface area contributed by atoms with E-state index in [2.05, 4.69) is 33.2 Å². The summed E-state index contributed by atoms with van der Waals surface area (Å²) in [6.07, 6.45) is 5.29. The molecule has 0 spiro atoms. The van der Waals surface area contributed by atoms with Gasteiger partial charge in [0.2, 0.25) is 0 Å². The molecule has 0 aliphatic heterocycles. The standard InChI is InChI=1S/C20H17N3O/c24-12-14-9-17-16(7-4-8-18(17)22-10-14)20(19-11-21-13-23-19)15-5-2-1-3-6-15/h1-11,13,20,24H,12H2,(H,21,23). The number of benzene rings is 2. The van der Waals surface area contributed by atoms with Crippen LogP contribution in [-0.4, -0.2) is 20.1 Å². The van der Waals surface area contributed by atoms with E-state index in [1.807, 2.05) is 42.6 Å². The summed E-state index contributed by atoms with van der Waals surface area (Å²) in [5.74, 6) is 0.0353. The Morgan fingerprint density at radius 2 is 1.88 bits per heavy atom. The average Bonchev–Trinajstić information content (AvgIpc) is 3.17. The predicted octanol–water partition coefficient (Wildman–Crippen LogP) is 3.63. The van der Waals surface area contributed by atoms with Crippen LogP contribution in [0.5, 0.6) is 0 Å². The minimum Gasteiger partial charge on any atom is -0.392 e. The number of nitrogens with zero attached hydrogens (tertiary/aromatic N) is 2. The summed E-state index contributed by atoms with van der Waals surface area (Å²) >= 11 is 0. The Labute approximate surface area is 139 Å². The van der Waals surface area contributed by atoms with E-state index in [-0.39, 0.29) is 12.5 Å². The highest BCUT2D eigenvalue weighted by Crippen LogP contribution is 2.34. The molecular weight excluding hydrogens is 298 g/mol. The van der Waals surface area contributed by atoms with E-state index in [0.29, 0.717) is 0 Å². The van der Waals surface area contributed by atoms with Gasteiger partial charge in [0.15, 0.2) is 0 Å². The number of hydrogen-bond acceptors (Lipinski definition) is 3. The molecule has 4 aromatic rings. The van der Waals surface area contributed by atoms with Crippen LogP contribution in [0.25, 0.3) is 10.9 Å². The van der Waals surface area contributed by atoms with Crippen LogP contribution < -0.4 is 0 Å². The zero-order valence-electron chi connectivity index (χ0n) is 13.1. The second kappa shape index (κ2) is 6.26. The number of hydrogen-bond donors (Lipinski definition) is 2. The van der Waals surface area contributed by atoms with Crippen LogP contribution in [0.2, 0.25) is 0 Å². The minimum absolute atomic E-state index is 0.0165. The number of H-pyrrole nitrogens is 1. The molecule has 1 unspecified atom stereocenters. The van der Waals surface area contributed by atoms with Crippen LogP contribution in [0.3, 0.4) is 0 Å². The van der Waals surface area contributed by atoms with Gasteiger partial charge in [-0.25, -0.2) is 4.98 Å². The average molecular weight is 315 g/mol. The van der Waals surface area contributed by atoms with Crippen LogP contribution >= 0.6 is 0 Å². The van der Waals surface area contributed by atoms with Crippen molar-refractivity contribution in [3.8, 4) is 0 Å². The van der Waals surface area contributed by atoms with Crippen molar-refractivity contribution in [2.24, 2.45) is 0 Å². The molecule has 2 aromatic carbocycles. The monoisotopic (exact) mass is 315 g/mol. The molecule has 0 aliphatic carbocycles. The number of aromatic nitrogens is 3. The van der Waals surface area contributed by atoms with E-state index in [1.165, 1.54) is 5.56 Å². The second-order valence-corrected chi connectivity index (χ2v) is 5.77. The maximum absolute atomic E-state index is 9.47. The minimum atomic E-state index is -0.0165. The SMILES string of the molecule is OCc1cnc2cccc(C(c3ccccc3)c3cnc[nH]3)c2c1. The molecular formula is C20H17N3O. The third kappa shape index (κ3) is 2.57. The lowest BCUT2D eigenvalue weighted by Gasteiger charge is -2.19. The van der Waals surface area contributed by atoms with Crippen LogP contribution in [0.1, 0.15) is 28.3 Å².